The molecule has 0 radical (unpaired) electrons. The highest BCUT2D eigenvalue weighted by atomic mass is 15.1. The number of rotatable bonds is 3. The average Bonchev–Trinajstić information content (AvgIpc) is 2.29. The normalized spacial score (nSPS) is 19.0. The Morgan fingerprint density at radius 3 is 2.65 bits per heavy atom. The molecule has 1 N–H and O–H groups in total. The van der Waals surface area contributed by atoms with Crippen LogP contribution in [0.2, 0.25) is 0 Å². The molecular formula is C15H24N2. The fourth-order valence-electron chi connectivity index (χ4n) is 2.72. The van der Waals surface area contributed by atoms with E-state index in [4.69, 9.17) is 0 Å². The van der Waals surface area contributed by atoms with Crippen molar-refractivity contribution < 1.29 is 0 Å². The number of nitrogens with one attached hydrogen (secondary N) is 1. The van der Waals surface area contributed by atoms with Crippen molar-refractivity contribution in [3.63, 3.8) is 0 Å². The van der Waals surface area contributed by atoms with E-state index in [1.807, 2.05) is 0 Å². The number of hydrogen-bond acceptors (Lipinski definition) is 2. The third kappa shape index (κ3) is 3.22. The smallest absolute Gasteiger partial charge is 0.0366 e. The molecule has 0 saturated carbocycles. The predicted molar refractivity (Wildman–Crippen MR) is 74.7 cm³/mol. The van der Waals surface area contributed by atoms with Gasteiger partial charge >= 0.3 is 0 Å². The molecule has 1 aromatic carbocycles. The summed E-state index contributed by atoms with van der Waals surface area (Å²) in [4.78, 5) is 2.40. The quantitative estimate of drug-likeness (QED) is 0.862. The standard InChI is InChI=1S/C15H24N2/c1-13-5-4-6-14(11-13)17(3)12-15(2)7-9-16-10-8-15/h4-6,11,16H,7-10,12H2,1-3H3. The van der Waals surface area contributed by atoms with Gasteiger partial charge in [-0.2, -0.15) is 0 Å². The lowest BCUT2D eigenvalue weighted by molar-refractivity contribution is 0.237. The second-order valence-corrected chi connectivity index (χ2v) is 5.76. The van der Waals surface area contributed by atoms with Crippen molar-refractivity contribution in [3.05, 3.63) is 29.8 Å². The minimum atomic E-state index is 0.462. The lowest BCUT2D eigenvalue weighted by Gasteiger charge is -2.38. The number of piperidine rings is 1. The van der Waals surface area contributed by atoms with Crippen LogP contribution in [0.5, 0.6) is 0 Å². The molecule has 2 heteroatoms. The van der Waals surface area contributed by atoms with Gasteiger partial charge in [-0.25, -0.2) is 0 Å². The van der Waals surface area contributed by atoms with Crippen LogP contribution in [0.15, 0.2) is 24.3 Å². The van der Waals surface area contributed by atoms with Crippen molar-refractivity contribution >= 4 is 5.69 Å². The average molecular weight is 232 g/mol. The molecule has 0 atom stereocenters. The molecule has 0 bridgehead atoms. The maximum atomic E-state index is 3.44. The van der Waals surface area contributed by atoms with Crippen molar-refractivity contribution in [2.45, 2.75) is 26.7 Å². The molecule has 2 nitrogen and oxygen atoms in total. The van der Waals surface area contributed by atoms with Gasteiger partial charge in [-0.15, -0.1) is 0 Å². The maximum Gasteiger partial charge on any atom is 0.0366 e. The highest BCUT2D eigenvalue weighted by Crippen LogP contribution is 2.30. The zero-order valence-electron chi connectivity index (χ0n) is 11.3. The van der Waals surface area contributed by atoms with Crippen molar-refractivity contribution in [2.75, 3.05) is 31.6 Å². The zero-order valence-corrected chi connectivity index (χ0v) is 11.3. The summed E-state index contributed by atoms with van der Waals surface area (Å²) in [7, 11) is 2.21. The SMILES string of the molecule is Cc1cccc(N(C)CC2(C)CCNCC2)c1. The Balaban J connectivity index is 2.03. The van der Waals surface area contributed by atoms with Crippen molar-refractivity contribution in [1.82, 2.24) is 5.32 Å². The molecule has 1 saturated heterocycles. The molecule has 0 unspecified atom stereocenters. The van der Waals surface area contributed by atoms with Crippen LogP contribution in [0.1, 0.15) is 25.3 Å². The Morgan fingerprint density at radius 1 is 1.29 bits per heavy atom. The molecule has 1 heterocycles. The van der Waals surface area contributed by atoms with Crippen LogP contribution < -0.4 is 10.2 Å². The number of nitrogens with zero attached hydrogens (tertiary/aromatic N) is 1. The molecule has 2 rings (SSSR count). The molecule has 1 fully saturated rings. The summed E-state index contributed by atoms with van der Waals surface area (Å²) in [6.07, 6.45) is 2.56. The van der Waals surface area contributed by atoms with Gasteiger partial charge in [0.2, 0.25) is 0 Å². The summed E-state index contributed by atoms with van der Waals surface area (Å²) in [6, 6.07) is 8.78. The third-order valence-electron chi connectivity index (χ3n) is 3.87. The van der Waals surface area contributed by atoms with Crippen LogP contribution >= 0.6 is 0 Å². The van der Waals surface area contributed by atoms with Gasteiger partial charge < -0.3 is 10.2 Å². The van der Waals surface area contributed by atoms with Crippen molar-refractivity contribution in [3.8, 4) is 0 Å². The van der Waals surface area contributed by atoms with E-state index in [2.05, 4.69) is 55.4 Å². The second kappa shape index (κ2) is 5.09. The van der Waals surface area contributed by atoms with E-state index in [0.717, 1.165) is 19.6 Å². The van der Waals surface area contributed by atoms with Gasteiger partial charge in [0, 0.05) is 19.3 Å². The molecule has 1 aliphatic heterocycles. The molecule has 0 aromatic heterocycles. The zero-order chi connectivity index (χ0) is 12.3. The fourth-order valence-corrected chi connectivity index (χ4v) is 2.72. The Hall–Kier alpha value is -1.02. The summed E-state index contributed by atoms with van der Waals surface area (Å²) in [5, 5.41) is 3.44. The Kier molecular flexibility index (Phi) is 3.72. The van der Waals surface area contributed by atoms with Gasteiger partial charge in [0.1, 0.15) is 0 Å². The highest BCUT2D eigenvalue weighted by Gasteiger charge is 2.28. The van der Waals surface area contributed by atoms with Gasteiger partial charge in [-0.05, 0) is 56.0 Å². The maximum absolute atomic E-state index is 3.44. The first kappa shape index (κ1) is 12.4. The number of anilines is 1. The van der Waals surface area contributed by atoms with E-state index >= 15 is 0 Å². The highest BCUT2D eigenvalue weighted by molar-refractivity contribution is 5.47. The summed E-state index contributed by atoms with van der Waals surface area (Å²) in [5.74, 6) is 0. The molecular weight excluding hydrogens is 208 g/mol. The topological polar surface area (TPSA) is 15.3 Å². The fraction of sp³-hybridized carbons (Fsp3) is 0.600. The Morgan fingerprint density at radius 2 is 2.00 bits per heavy atom. The minimum Gasteiger partial charge on any atom is -0.374 e. The number of aryl methyl sites for hydroxylation is 1. The lowest BCUT2D eigenvalue weighted by Crippen LogP contribution is -2.42. The van der Waals surface area contributed by atoms with Crippen molar-refractivity contribution in [2.24, 2.45) is 5.41 Å². The van der Waals surface area contributed by atoms with Gasteiger partial charge in [-0.1, -0.05) is 19.1 Å². The third-order valence-corrected chi connectivity index (χ3v) is 3.87. The van der Waals surface area contributed by atoms with Crippen LogP contribution in [0.3, 0.4) is 0 Å². The van der Waals surface area contributed by atoms with Crippen molar-refractivity contribution in [1.29, 1.82) is 0 Å². The first-order valence-corrected chi connectivity index (χ1v) is 6.58. The van der Waals surface area contributed by atoms with E-state index in [9.17, 15) is 0 Å². The summed E-state index contributed by atoms with van der Waals surface area (Å²) in [5.41, 5.74) is 3.14. The minimum absolute atomic E-state index is 0.462. The molecule has 1 aromatic rings. The Labute approximate surface area is 105 Å². The van der Waals surface area contributed by atoms with E-state index in [1.54, 1.807) is 0 Å². The van der Waals surface area contributed by atoms with E-state index in [1.165, 1.54) is 24.1 Å². The van der Waals surface area contributed by atoms with E-state index in [-0.39, 0.29) is 0 Å². The number of hydrogen-bond donors (Lipinski definition) is 1. The Bertz CT molecular complexity index is 367. The molecule has 0 amide bonds. The second-order valence-electron chi connectivity index (χ2n) is 5.76. The van der Waals surface area contributed by atoms with Crippen LogP contribution in [-0.4, -0.2) is 26.7 Å². The largest absolute Gasteiger partial charge is 0.374 e. The summed E-state index contributed by atoms with van der Waals surface area (Å²) in [6.45, 7) is 8.05. The van der Waals surface area contributed by atoms with E-state index < -0.39 is 0 Å². The molecule has 0 spiro atoms. The first-order chi connectivity index (χ1) is 8.09. The van der Waals surface area contributed by atoms with Crippen LogP contribution in [0.25, 0.3) is 0 Å². The summed E-state index contributed by atoms with van der Waals surface area (Å²) < 4.78 is 0. The molecule has 0 aliphatic carbocycles. The van der Waals surface area contributed by atoms with Gasteiger partial charge in [0.05, 0.1) is 0 Å². The van der Waals surface area contributed by atoms with Crippen LogP contribution in [0.4, 0.5) is 5.69 Å². The molecule has 94 valence electrons. The van der Waals surface area contributed by atoms with Gasteiger partial charge in [0.25, 0.3) is 0 Å². The first-order valence-electron chi connectivity index (χ1n) is 6.58. The summed E-state index contributed by atoms with van der Waals surface area (Å²) >= 11 is 0. The van der Waals surface area contributed by atoms with Crippen LogP contribution in [0, 0.1) is 12.3 Å². The molecule has 1 aliphatic rings. The predicted octanol–water partition coefficient (Wildman–Crippen LogP) is 2.82. The number of benzene rings is 1. The van der Waals surface area contributed by atoms with Crippen LogP contribution in [-0.2, 0) is 0 Å². The van der Waals surface area contributed by atoms with Gasteiger partial charge in [-0.3, -0.25) is 0 Å². The van der Waals surface area contributed by atoms with Gasteiger partial charge in [0.15, 0.2) is 0 Å². The van der Waals surface area contributed by atoms with E-state index in [0.29, 0.717) is 5.41 Å². The lowest BCUT2D eigenvalue weighted by atomic mass is 9.80. The monoisotopic (exact) mass is 232 g/mol. The molecule has 17 heavy (non-hydrogen) atoms.